The van der Waals surface area contributed by atoms with Crippen LogP contribution in [0.5, 0.6) is 0 Å². The summed E-state index contributed by atoms with van der Waals surface area (Å²) in [5.41, 5.74) is 7.45. The zero-order valence-corrected chi connectivity index (χ0v) is 15.5. The SMILES string of the molecule is Cc1cc(C)c(-c2nc3ccccc3[nH]2)cc1CN1CCC(C)CC1. The van der Waals surface area contributed by atoms with E-state index in [1.807, 2.05) is 6.07 Å². The second-order valence-electron chi connectivity index (χ2n) is 7.65. The molecule has 0 saturated carbocycles. The van der Waals surface area contributed by atoms with Crippen molar-refractivity contribution in [3.63, 3.8) is 0 Å². The van der Waals surface area contributed by atoms with Crippen LogP contribution in [0.15, 0.2) is 36.4 Å². The van der Waals surface area contributed by atoms with Gasteiger partial charge in [0.2, 0.25) is 0 Å². The molecule has 0 atom stereocenters. The predicted octanol–water partition coefficient (Wildman–Crippen LogP) is 5.08. The molecule has 0 bridgehead atoms. The summed E-state index contributed by atoms with van der Waals surface area (Å²) >= 11 is 0. The van der Waals surface area contributed by atoms with Crippen LogP contribution in [0.2, 0.25) is 0 Å². The van der Waals surface area contributed by atoms with Crippen molar-refractivity contribution in [3.05, 3.63) is 53.1 Å². The standard InChI is InChI=1S/C22H27N3/c1-15-8-10-25(11-9-15)14-18-13-19(17(3)12-16(18)2)22-23-20-6-4-5-7-21(20)24-22/h4-7,12-13,15H,8-11,14H2,1-3H3,(H,23,24). The van der Waals surface area contributed by atoms with E-state index in [-0.39, 0.29) is 0 Å². The minimum absolute atomic E-state index is 0.876. The van der Waals surface area contributed by atoms with Crippen LogP contribution in [0.4, 0.5) is 0 Å². The van der Waals surface area contributed by atoms with E-state index in [0.29, 0.717) is 0 Å². The van der Waals surface area contributed by atoms with Crippen molar-refractivity contribution >= 4 is 11.0 Å². The Kier molecular flexibility index (Phi) is 4.34. The number of nitrogens with one attached hydrogen (secondary N) is 1. The monoisotopic (exact) mass is 333 g/mol. The number of imidazole rings is 1. The molecule has 2 heterocycles. The zero-order valence-electron chi connectivity index (χ0n) is 15.5. The number of nitrogens with zero attached hydrogens (tertiary/aromatic N) is 2. The van der Waals surface area contributed by atoms with Crippen molar-refractivity contribution in [1.29, 1.82) is 0 Å². The van der Waals surface area contributed by atoms with E-state index in [1.165, 1.54) is 48.2 Å². The topological polar surface area (TPSA) is 31.9 Å². The zero-order chi connectivity index (χ0) is 17.4. The van der Waals surface area contributed by atoms with Crippen LogP contribution in [0.25, 0.3) is 22.4 Å². The Labute approximate surface area is 150 Å². The van der Waals surface area contributed by atoms with Crippen LogP contribution in [0.1, 0.15) is 36.5 Å². The van der Waals surface area contributed by atoms with Gasteiger partial charge in [-0.3, -0.25) is 4.90 Å². The highest BCUT2D eigenvalue weighted by atomic mass is 15.1. The lowest BCUT2D eigenvalue weighted by atomic mass is 9.96. The number of piperidine rings is 1. The molecule has 4 rings (SSSR count). The van der Waals surface area contributed by atoms with Gasteiger partial charge in [0.1, 0.15) is 5.82 Å². The second-order valence-corrected chi connectivity index (χ2v) is 7.65. The second kappa shape index (κ2) is 6.64. The van der Waals surface area contributed by atoms with Crippen LogP contribution in [0.3, 0.4) is 0 Å². The average molecular weight is 333 g/mol. The summed E-state index contributed by atoms with van der Waals surface area (Å²) in [6.45, 7) is 10.3. The molecule has 1 aliphatic rings. The number of para-hydroxylation sites is 2. The molecule has 0 unspecified atom stereocenters. The number of aromatic nitrogens is 2. The van der Waals surface area contributed by atoms with E-state index in [0.717, 1.165) is 29.3 Å². The normalized spacial score (nSPS) is 16.6. The number of hydrogen-bond donors (Lipinski definition) is 1. The van der Waals surface area contributed by atoms with Crippen molar-refractivity contribution in [2.45, 2.75) is 40.2 Å². The Morgan fingerprint density at radius 3 is 2.60 bits per heavy atom. The van der Waals surface area contributed by atoms with Gasteiger partial charge in [-0.1, -0.05) is 25.1 Å². The number of likely N-dealkylation sites (tertiary alicyclic amines) is 1. The van der Waals surface area contributed by atoms with Gasteiger partial charge in [0.15, 0.2) is 0 Å². The molecule has 1 aliphatic heterocycles. The van der Waals surface area contributed by atoms with Gasteiger partial charge in [-0.25, -0.2) is 4.98 Å². The highest BCUT2D eigenvalue weighted by Gasteiger charge is 2.17. The number of H-pyrrole nitrogens is 1. The average Bonchev–Trinajstić information content (AvgIpc) is 3.03. The quantitative estimate of drug-likeness (QED) is 0.725. The maximum atomic E-state index is 4.80. The van der Waals surface area contributed by atoms with E-state index >= 15 is 0 Å². The first-order valence-corrected chi connectivity index (χ1v) is 9.38. The van der Waals surface area contributed by atoms with E-state index in [4.69, 9.17) is 4.98 Å². The highest BCUT2D eigenvalue weighted by molar-refractivity contribution is 5.80. The highest BCUT2D eigenvalue weighted by Crippen LogP contribution is 2.28. The summed E-state index contributed by atoms with van der Waals surface area (Å²) < 4.78 is 0. The maximum Gasteiger partial charge on any atom is 0.138 e. The van der Waals surface area contributed by atoms with Crippen molar-refractivity contribution < 1.29 is 0 Å². The molecule has 2 aromatic carbocycles. The number of fused-ring (bicyclic) bond motifs is 1. The molecule has 3 aromatic rings. The molecular formula is C22H27N3. The van der Waals surface area contributed by atoms with Crippen molar-refractivity contribution in [1.82, 2.24) is 14.9 Å². The Morgan fingerprint density at radius 2 is 1.84 bits per heavy atom. The molecule has 3 heteroatoms. The lowest BCUT2D eigenvalue weighted by molar-refractivity contribution is 0.185. The van der Waals surface area contributed by atoms with Gasteiger partial charge in [0.05, 0.1) is 11.0 Å². The van der Waals surface area contributed by atoms with Crippen molar-refractivity contribution in [2.24, 2.45) is 5.92 Å². The maximum absolute atomic E-state index is 4.80. The molecule has 1 saturated heterocycles. The van der Waals surface area contributed by atoms with Gasteiger partial charge < -0.3 is 4.98 Å². The molecule has 1 fully saturated rings. The van der Waals surface area contributed by atoms with Crippen LogP contribution < -0.4 is 0 Å². The fraction of sp³-hybridized carbons (Fsp3) is 0.409. The summed E-state index contributed by atoms with van der Waals surface area (Å²) in [5.74, 6) is 1.86. The molecular weight excluding hydrogens is 306 g/mol. The summed E-state index contributed by atoms with van der Waals surface area (Å²) in [7, 11) is 0. The summed E-state index contributed by atoms with van der Waals surface area (Å²) in [6.07, 6.45) is 2.64. The van der Waals surface area contributed by atoms with Gasteiger partial charge in [-0.2, -0.15) is 0 Å². The first-order valence-electron chi connectivity index (χ1n) is 9.38. The minimum Gasteiger partial charge on any atom is -0.338 e. The molecule has 1 aromatic heterocycles. The third-order valence-electron chi connectivity index (χ3n) is 5.60. The number of benzene rings is 2. The van der Waals surface area contributed by atoms with Gasteiger partial charge in [-0.15, -0.1) is 0 Å². The molecule has 3 nitrogen and oxygen atoms in total. The van der Waals surface area contributed by atoms with Gasteiger partial charge >= 0.3 is 0 Å². The van der Waals surface area contributed by atoms with Gasteiger partial charge in [-0.05, 0) is 80.6 Å². The summed E-state index contributed by atoms with van der Waals surface area (Å²) in [4.78, 5) is 10.9. The van der Waals surface area contributed by atoms with Crippen LogP contribution in [-0.4, -0.2) is 28.0 Å². The number of hydrogen-bond acceptors (Lipinski definition) is 2. The Hall–Kier alpha value is -2.13. The molecule has 0 aliphatic carbocycles. The van der Waals surface area contributed by atoms with E-state index in [9.17, 15) is 0 Å². The fourth-order valence-electron chi connectivity index (χ4n) is 3.86. The van der Waals surface area contributed by atoms with Crippen LogP contribution in [-0.2, 0) is 6.54 Å². The largest absolute Gasteiger partial charge is 0.338 e. The van der Waals surface area contributed by atoms with Gasteiger partial charge in [0, 0.05) is 12.1 Å². The lowest BCUT2D eigenvalue weighted by Gasteiger charge is -2.30. The Balaban J connectivity index is 1.66. The molecule has 130 valence electrons. The molecule has 0 amide bonds. The Morgan fingerprint density at radius 1 is 1.08 bits per heavy atom. The fourth-order valence-corrected chi connectivity index (χ4v) is 3.86. The third-order valence-corrected chi connectivity index (χ3v) is 5.60. The third kappa shape index (κ3) is 3.34. The number of aromatic amines is 1. The molecule has 1 N–H and O–H groups in total. The van der Waals surface area contributed by atoms with Crippen LogP contribution in [0, 0.1) is 19.8 Å². The van der Waals surface area contributed by atoms with Crippen molar-refractivity contribution in [2.75, 3.05) is 13.1 Å². The van der Waals surface area contributed by atoms with E-state index in [1.54, 1.807) is 0 Å². The summed E-state index contributed by atoms with van der Waals surface area (Å²) in [5, 5.41) is 0. The number of rotatable bonds is 3. The first-order chi connectivity index (χ1) is 12.1. The molecule has 25 heavy (non-hydrogen) atoms. The number of aryl methyl sites for hydroxylation is 2. The summed E-state index contributed by atoms with van der Waals surface area (Å²) in [6, 6.07) is 12.9. The van der Waals surface area contributed by atoms with Crippen molar-refractivity contribution in [3.8, 4) is 11.4 Å². The minimum atomic E-state index is 0.876. The van der Waals surface area contributed by atoms with Gasteiger partial charge in [0.25, 0.3) is 0 Å². The smallest absolute Gasteiger partial charge is 0.138 e. The predicted molar refractivity (Wildman–Crippen MR) is 105 cm³/mol. The first kappa shape index (κ1) is 16.3. The molecule has 0 spiro atoms. The lowest BCUT2D eigenvalue weighted by Crippen LogP contribution is -2.32. The Bertz CT molecular complexity index is 852. The van der Waals surface area contributed by atoms with E-state index < -0.39 is 0 Å². The molecule has 0 radical (unpaired) electrons. The van der Waals surface area contributed by atoms with Crippen LogP contribution >= 0.6 is 0 Å². The van der Waals surface area contributed by atoms with E-state index in [2.05, 4.69) is 61.0 Å².